The normalized spacial score (nSPS) is 4.23. The summed E-state index contributed by atoms with van der Waals surface area (Å²) in [4.78, 5) is 0. The van der Waals surface area contributed by atoms with E-state index in [0.717, 1.165) is 0 Å². The van der Waals surface area contributed by atoms with E-state index >= 15 is 0 Å². The fourth-order valence-electron chi connectivity index (χ4n) is 0.362. The first kappa shape index (κ1) is 70.2. The first-order valence-corrected chi connectivity index (χ1v) is 2.85. The molecule has 0 radical (unpaired) electrons. The second-order valence-electron chi connectivity index (χ2n) is 1.43. The zero-order chi connectivity index (χ0) is 10.1. The standard InChI is InChI=1S/B5HO8.H3N.8H2O/c6-1-10-4(9)13-5(11-2-7)12-3-8;;;;;;;;;/h9H;1H3;8*1H2. The van der Waals surface area contributed by atoms with Gasteiger partial charge in [0.2, 0.25) is 0 Å². The van der Waals surface area contributed by atoms with Gasteiger partial charge in [0.15, 0.2) is 0 Å². The minimum atomic E-state index is -1.98. The Balaban J connectivity index is -0.0000000200. The molecule has 0 saturated heterocycles. The van der Waals surface area contributed by atoms with E-state index < -0.39 is 14.6 Å². The molecule has 20 N–H and O–H groups in total. The molecule has 0 bridgehead atoms. The second-order valence-corrected chi connectivity index (χ2v) is 1.43. The van der Waals surface area contributed by atoms with Gasteiger partial charge < -0.3 is 50.0 Å². The van der Waals surface area contributed by atoms with Crippen LogP contribution in [0, 0.1) is 0 Å². The zero-order valence-electron chi connectivity index (χ0n) is 10.9. The topological polar surface area (TPSA) is 395 Å². The van der Waals surface area contributed by atoms with Crippen LogP contribution in [0.25, 0.3) is 0 Å². The van der Waals surface area contributed by atoms with Crippen molar-refractivity contribution >= 4 is 36.7 Å². The summed E-state index contributed by atoms with van der Waals surface area (Å²) in [5.41, 5.74) is 0. The third kappa shape index (κ3) is 42.8. The van der Waals surface area contributed by atoms with Gasteiger partial charge in [-0.25, -0.2) is 0 Å². The van der Waals surface area contributed by atoms with Crippen LogP contribution >= 0.6 is 0 Å². The SMILES string of the molecule is N.O.O.O.O.O.O.O.O.O=BOB(O)OB(OB=O)OB=O. The van der Waals surface area contributed by atoms with Crippen LogP contribution in [0.1, 0.15) is 0 Å². The van der Waals surface area contributed by atoms with Gasteiger partial charge in [0, 0.05) is 0 Å². The molecule has 0 aliphatic heterocycles. The molecule has 0 heterocycles. The van der Waals surface area contributed by atoms with Gasteiger partial charge >= 0.3 is 74.1 Å². The van der Waals surface area contributed by atoms with E-state index in [2.05, 4.69) is 18.3 Å². The maximum absolute atomic E-state index is 9.74. The summed E-state index contributed by atoms with van der Waals surface area (Å²) in [6.45, 7) is 0. The summed E-state index contributed by atoms with van der Waals surface area (Å²) in [6.07, 6.45) is 0. The molecule has 0 aromatic carbocycles. The van der Waals surface area contributed by atoms with Crippen LogP contribution in [0.4, 0.5) is 0 Å². The average Bonchev–Trinajstić information content (AvgIpc) is 2.05. The Morgan fingerprint density at radius 2 is 0.909 bits per heavy atom. The molecular weight excluding hydrogens is 324 g/mol. The van der Waals surface area contributed by atoms with Crippen LogP contribution in [0.2, 0.25) is 0 Å². The van der Waals surface area contributed by atoms with Gasteiger partial charge in [-0.1, -0.05) is 0 Å². The predicted molar refractivity (Wildman–Crippen MR) is 71.3 cm³/mol. The van der Waals surface area contributed by atoms with Crippen molar-refractivity contribution in [3.63, 3.8) is 0 Å². The van der Waals surface area contributed by atoms with Gasteiger partial charge in [-0.05, 0) is 0 Å². The van der Waals surface area contributed by atoms with Crippen LogP contribution in [0.5, 0.6) is 0 Å². The van der Waals surface area contributed by atoms with Crippen LogP contribution in [-0.2, 0) is 32.4 Å². The predicted octanol–water partition coefficient (Wildman–Crippen LogP) is -9.53. The van der Waals surface area contributed by atoms with Gasteiger partial charge in [0.05, 0.1) is 0 Å². The molecule has 0 aliphatic carbocycles. The molecular formula is H20B5NO16. The molecule has 22 heavy (non-hydrogen) atoms. The molecule has 0 spiro atoms. The fourth-order valence-corrected chi connectivity index (χ4v) is 0.362. The Bertz CT molecular complexity index is 168. The van der Waals surface area contributed by atoms with Crippen molar-refractivity contribution in [1.82, 2.24) is 6.15 Å². The van der Waals surface area contributed by atoms with Crippen LogP contribution in [0.3, 0.4) is 0 Å². The van der Waals surface area contributed by atoms with E-state index in [1.54, 1.807) is 0 Å². The summed E-state index contributed by atoms with van der Waals surface area (Å²) in [6, 6.07) is 0. The third-order valence-corrected chi connectivity index (χ3v) is 0.733. The summed E-state index contributed by atoms with van der Waals surface area (Å²) in [5.74, 6) is 0. The van der Waals surface area contributed by atoms with E-state index in [9.17, 15) is 14.1 Å². The average molecular weight is 344 g/mol. The summed E-state index contributed by atoms with van der Waals surface area (Å²) < 4.78 is 45.1. The Hall–Kier alpha value is -1.32. The first-order chi connectivity index (χ1) is 6.24. The molecule has 0 rings (SSSR count). The molecule has 22 heteroatoms. The fraction of sp³-hybridized carbons (Fsp3) is 0. The van der Waals surface area contributed by atoms with E-state index in [1.165, 1.54) is 0 Å². The van der Waals surface area contributed by atoms with Crippen molar-refractivity contribution in [2.45, 2.75) is 0 Å². The Kier molecular flexibility index (Phi) is 161. The summed E-state index contributed by atoms with van der Waals surface area (Å²) in [5, 5.41) is 8.61. The molecule has 0 unspecified atom stereocenters. The van der Waals surface area contributed by atoms with Crippen molar-refractivity contribution in [3.05, 3.63) is 0 Å². The molecule has 0 amide bonds. The molecule has 0 aromatic rings. The Morgan fingerprint density at radius 3 is 1.14 bits per heavy atom. The minimum absolute atomic E-state index is 0. The molecule has 17 nitrogen and oxygen atoms in total. The van der Waals surface area contributed by atoms with Gasteiger partial charge in [0.1, 0.15) is 0 Å². The molecule has 0 aromatic heterocycles. The first-order valence-electron chi connectivity index (χ1n) is 2.85. The Labute approximate surface area is 125 Å². The van der Waals surface area contributed by atoms with E-state index in [0.29, 0.717) is 0 Å². The van der Waals surface area contributed by atoms with E-state index in [4.69, 9.17) is 5.02 Å². The number of hydrogen-bond donors (Lipinski definition) is 2. The van der Waals surface area contributed by atoms with Gasteiger partial charge in [-0.2, -0.15) is 0 Å². The van der Waals surface area contributed by atoms with Crippen molar-refractivity contribution in [1.29, 1.82) is 0 Å². The molecule has 136 valence electrons. The van der Waals surface area contributed by atoms with Crippen molar-refractivity contribution in [3.8, 4) is 0 Å². The second kappa shape index (κ2) is 50.3. The van der Waals surface area contributed by atoms with Crippen LogP contribution in [0.15, 0.2) is 0 Å². The van der Waals surface area contributed by atoms with Crippen molar-refractivity contribution in [2.24, 2.45) is 0 Å². The van der Waals surface area contributed by atoms with E-state index in [-0.39, 0.29) is 72.0 Å². The monoisotopic (exact) mass is 345 g/mol. The van der Waals surface area contributed by atoms with Crippen LogP contribution < -0.4 is 6.15 Å². The van der Waals surface area contributed by atoms with Crippen molar-refractivity contribution in [2.75, 3.05) is 0 Å². The summed E-state index contributed by atoms with van der Waals surface area (Å²) >= 11 is 0. The molecule has 0 aliphatic rings. The Morgan fingerprint density at radius 1 is 0.636 bits per heavy atom. The summed E-state index contributed by atoms with van der Waals surface area (Å²) in [7, 11) is -4.01. The third-order valence-electron chi connectivity index (χ3n) is 0.733. The van der Waals surface area contributed by atoms with Crippen molar-refractivity contribution < 1.29 is 81.2 Å². The van der Waals surface area contributed by atoms with Gasteiger partial charge in [-0.15, -0.1) is 0 Å². The van der Waals surface area contributed by atoms with E-state index in [1.807, 2.05) is 0 Å². The quantitative estimate of drug-likeness (QED) is 0.393. The number of hydrogen-bond acceptors (Lipinski definition) is 9. The van der Waals surface area contributed by atoms with Gasteiger partial charge in [-0.3, -0.25) is 0 Å². The van der Waals surface area contributed by atoms with Gasteiger partial charge in [0.25, 0.3) is 0 Å². The molecule has 0 fully saturated rings. The molecule has 0 saturated carbocycles. The zero-order valence-corrected chi connectivity index (χ0v) is 10.9. The molecule has 0 atom stereocenters. The maximum atomic E-state index is 9.74. The van der Waals surface area contributed by atoms with Crippen LogP contribution in [-0.4, -0.2) is 85.5 Å². The number of rotatable bonds is 8.